The first kappa shape index (κ1) is 10.9. The Morgan fingerprint density at radius 2 is 2.29 bits per heavy atom. The topological polar surface area (TPSA) is 60.9 Å². The van der Waals surface area contributed by atoms with E-state index in [0.717, 1.165) is 13.0 Å². The molecule has 0 fully saturated rings. The molecule has 0 aliphatic rings. The molecule has 14 heavy (non-hydrogen) atoms. The fourth-order valence-electron chi connectivity index (χ4n) is 1.20. The molecule has 0 aliphatic heterocycles. The van der Waals surface area contributed by atoms with E-state index >= 15 is 0 Å². The van der Waals surface area contributed by atoms with Crippen molar-refractivity contribution < 1.29 is 4.79 Å². The minimum Gasteiger partial charge on any atom is -0.319 e. The van der Waals surface area contributed by atoms with Crippen molar-refractivity contribution >= 4 is 5.78 Å². The van der Waals surface area contributed by atoms with E-state index in [9.17, 15) is 4.79 Å². The third kappa shape index (κ3) is 2.42. The monoisotopic (exact) mass is 195 g/mol. The highest BCUT2D eigenvalue weighted by molar-refractivity contribution is 6.02. The minimum absolute atomic E-state index is 0.0696. The van der Waals surface area contributed by atoms with Gasteiger partial charge in [0.2, 0.25) is 0 Å². The molecule has 4 heteroatoms. The van der Waals surface area contributed by atoms with Gasteiger partial charge in [-0.25, -0.2) is 0 Å². The summed E-state index contributed by atoms with van der Waals surface area (Å²) in [6, 6.07) is 0. The van der Waals surface area contributed by atoms with Gasteiger partial charge in [-0.2, -0.15) is 5.10 Å². The summed E-state index contributed by atoms with van der Waals surface area (Å²) in [6.45, 7) is 6.30. The van der Waals surface area contributed by atoms with Crippen LogP contribution in [0.4, 0.5) is 0 Å². The van der Waals surface area contributed by atoms with Crippen LogP contribution in [0.5, 0.6) is 0 Å². The first-order valence-electron chi connectivity index (χ1n) is 4.81. The van der Waals surface area contributed by atoms with Gasteiger partial charge in [0.05, 0.1) is 17.3 Å². The quantitative estimate of drug-likeness (QED) is 0.735. The normalized spacial score (nSPS) is 11.7. The molecular weight excluding hydrogens is 178 g/mol. The van der Waals surface area contributed by atoms with Crippen molar-refractivity contribution in [3.63, 3.8) is 0 Å². The number of ketones is 1. The smallest absolute Gasteiger partial charge is 0.185 e. The highest BCUT2D eigenvalue weighted by atomic mass is 16.1. The van der Waals surface area contributed by atoms with Gasteiger partial charge in [-0.15, -0.1) is 0 Å². The van der Waals surface area contributed by atoms with Crippen LogP contribution in [0.2, 0.25) is 0 Å². The Morgan fingerprint density at radius 1 is 1.64 bits per heavy atom. The van der Waals surface area contributed by atoms with Crippen molar-refractivity contribution in [2.45, 2.75) is 39.3 Å². The number of carbonyl (C=O) groups excluding carboxylic acids is 1. The van der Waals surface area contributed by atoms with E-state index in [1.807, 2.05) is 0 Å². The molecule has 0 amide bonds. The zero-order valence-electron chi connectivity index (χ0n) is 8.95. The predicted molar refractivity (Wildman–Crippen MR) is 55.1 cm³/mol. The van der Waals surface area contributed by atoms with E-state index < -0.39 is 5.54 Å². The SMILES string of the molecule is CCCn1cc(C(=O)C(C)(C)N)cn1. The van der Waals surface area contributed by atoms with Crippen LogP contribution < -0.4 is 5.73 Å². The number of Topliss-reactive ketones (excluding diaryl/α,β-unsaturated/α-hetero) is 1. The number of carbonyl (C=O) groups is 1. The third-order valence-electron chi connectivity index (χ3n) is 1.93. The van der Waals surface area contributed by atoms with Crippen molar-refractivity contribution in [3.8, 4) is 0 Å². The van der Waals surface area contributed by atoms with E-state index in [1.165, 1.54) is 0 Å². The molecule has 0 radical (unpaired) electrons. The molecule has 78 valence electrons. The standard InChI is InChI=1S/C10H17N3O/c1-4-5-13-7-8(6-12-13)9(14)10(2,3)11/h6-7H,4-5,11H2,1-3H3. The van der Waals surface area contributed by atoms with E-state index in [1.54, 1.807) is 30.9 Å². The molecule has 0 aromatic carbocycles. The third-order valence-corrected chi connectivity index (χ3v) is 1.93. The molecule has 0 spiro atoms. The van der Waals surface area contributed by atoms with Gasteiger partial charge in [-0.05, 0) is 20.3 Å². The maximum atomic E-state index is 11.7. The zero-order valence-corrected chi connectivity index (χ0v) is 8.95. The summed E-state index contributed by atoms with van der Waals surface area (Å²) < 4.78 is 1.76. The van der Waals surface area contributed by atoms with Gasteiger partial charge in [0.25, 0.3) is 0 Å². The molecule has 0 saturated heterocycles. The van der Waals surface area contributed by atoms with E-state index in [2.05, 4.69) is 12.0 Å². The Hall–Kier alpha value is -1.16. The van der Waals surface area contributed by atoms with Crippen LogP contribution in [0.25, 0.3) is 0 Å². The summed E-state index contributed by atoms with van der Waals surface area (Å²) in [6.07, 6.45) is 4.33. The van der Waals surface area contributed by atoms with Crippen LogP contribution in [0.1, 0.15) is 37.6 Å². The van der Waals surface area contributed by atoms with Crippen molar-refractivity contribution in [2.75, 3.05) is 0 Å². The predicted octanol–water partition coefficient (Wildman–Crippen LogP) is 1.21. The van der Waals surface area contributed by atoms with Crippen LogP contribution in [-0.4, -0.2) is 21.1 Å². The molecule has 0 unspecified atom stereocenters. The number of nitrogens with zero attached hydrogens (tertiary/aromatic N) is 2. The highest BCUT2D eigenvalue weighted by Crippen LogP contribution is 2.09. The minimum atomic E-state index is -0.819. The lowest BCUT2D eigenvalue weighted by Crippen LogP contribution is -2.41. The molecular formula is C10H17N3O. The van der Waals surface area contributed by atoms with Crippen molar-refractivity contribution in [3.05, 3.63) is 18.0 Å². The van der Waals surface area contributed by atoms with Gasteiger partial charge in [-0.3, -0.25) is 9.48 Å². The van der Waals surface area contributed by atoms with E-state index in [-0.39, 0.29) is 5.78 Å². The largest absolute Gasteiger partial charge is 0.319 e. The summed E-state index contributed by atoms with van der Waals surface area (Å²) in [5.41, 5.74) is 5.48. The van der Waals surface area contributed by atoms with Crippen LogP contribution in [0.15, 0.2) is 12.4 Å². The molecule has 4 nitrogen and oxygen atoms in total. The summed E-state index contributed by atoms with van der Waals surface area (Å²) >= 11 is 0. The molecule has 1 aromatic heterocycles. The first-order chi connectivity index (χ1) is 6.45. The molecule has 0 saturated carbocycles. The highest BCUT2D eigenvalue weighted by Gasteiger charge is 2.24. The van der Waals surface area contributed by atoms with Gasteiger partial charge >= 0.3 is 0 Å². The maximum Gasteiger partial charge on any atom is 0.185 e. The molecule has 0 aliphatic carbocycles. The molecule has 0 bridgehead atoms. The molecule has 0 atom stereocenters. The number of aryl methyl sites for hydroxylation is 1. The second-order valence-corrected chi connectivity index (χ2v) is 4.04. The van der Waals surface area contributed by atoms with Crippen LogP contribution in [0.3, 0.4) is 0 Å². The van der Waals surface area contributed by atoms with Crippen molar-refractivity contribution in [1.82, 2.24) is 9.78 Å². The molecule has 1 rings (SSSR count). The van der Waals surface area contributed by atoms with Crippen molar-refractivity contribution in [1.29, 1.82) is 0 Å². The van der Waals surface area contributed by atoms with Gasteiger partial charge in [0.15, 0.2) is 5.78 Å². The van der Waals surface area contributed by atoms with E-state index in [4.69, 9.17) is 5.73 Å². The lowest BCUT2D eigenvalue weighted by Gasteiger charge is -2.14. The Bertz CT molecular complexity index is 322. The van der Waals surface area contributed by atoms with E-state index in [0.29, 0.717) is 5.56 Å². The van der Waals surface area contributed by atoms with Gasteiger partial charge in [-0.1, -0.05) is 6.92 Å². The summed E-state index contributed by atoms with van der Waals surface area (Å²) in [7, 11) is 0. The Balaban J connectivity index is 2.82. The zero-order chi connectivity index (χ0) is 10.8. The summed E-state index contributed by atoms with van der Waals surface area (Å²) in [5, 5.41) is 4.08. The summed E-state index contributed by atoms with van der Waals surface area (Å²) in [4.78, 5) is 11.7. The molecule has 1 aromatic rings. The number of hydrogen-bond donors (Lipinski definition) is 1. The lowest BCUT2D eigenvalue weighted by atomic mass is 9.97. The van der Waals surface area contributed by atoms with Crippen LogP contribution >= 0.6 is 0 Å². The van der Waals surface area contributed by atoms with Gasteiger partial charge in [0, 0.05) is 12.7 Å². The van der Waals surface area contributed by atoms with Crippen LogP contribution in [-0.2, 0) is 6.54 Å². The van der Waals surface area contributed by atoms with Gasteiger partial charge in [0.1, 0.15) is 0 Å². The van der Waals surface area contributed by atoms with Gasteiger partial charge < -0.3 is 5.73 Å². The first-order valence-corrected chi connectivity index (χ1v) is 4.81. The second kappa shape index (κ2) is 3.92. The molecule has 1 heterocycles. The Labute approximate surface area is 84.1 Å². The second-order valence-electron chi connectivity index (χ2n) is 4.04. The summed E-state index contributed by atoms with van der Waals surface area (Å²) in [5.74, 6) is -0.0696. The van der Waals surface area contributed by atoms with Crippen molar-refractivity contribution in [2.24, 2.45) is 5.73 Å². The number of aromatic nitrogens is 2. The fourth-order valence-corrected chi connectivity index (χ4v) is 1.20. The lowest BCUT2D eigenvalue weighted by molar-refractivity contribution is 0.0913. The average molecular weight is 195 g/mol. The average Bonchev–Trinajstić information content (AvgIpc) is 2.50. The molecule has 2 N–H and O–H groups in total. The fraction of sp³-hybridized carbons (Fsp3) is 0.600. The maximum absolute atomic E-state index is 11.7. The number of rotatable bonds is 4. The Morgan fingerprint density at radius 3 is 2.79 bits per heavy atom. The number of nitrogens with two attached hydrogens (primary N) is 1. The Kier molecular flexibility index (Phi) is 3.06. The number of hydrogen-bond acceptors (Lipinski definition) is 3. The van der Waals surface area contributed by atoms with Crippen LogP contribution in [0, 0.1) is 0 Å².